The fourth-order valence-electron chi connectivity index (χ4n) is 4.08. The number of nitrogens with zero attached hydrogens (tertiary/aromatic N) is 4. The van der Waals surface area contributed by atoms with Crippen molar-refractivity contribution in [2.24, 2.45) is 5.92 Å². The van der Waals surface area contributed by atoms with Crippen LogP contribution in [0.1, 0.15) is 38.5 Å². The minimum absolute atomic E-state index is 0. The Kier molecular flexibility index (Phi) is 14.2. The lowest BCUT2D eigenvalue weighted by Crippen LogP contribution is -2.46. The van der Waals surface area contributed by atoms with Crippen LogP contribution in [0.15, 0.2) is 18.5 Å². The molecule has 2 aliphatic rings. The van der Waals surface area contributed by atoms with Crippen LogP contribution in [0.2, 0.25) is 0 Å². The number of nitrogens with one attached hydrogen (secondary N) is 1. The van der Waals surface area contributed by atoms with Gasteiger partial charge in [-0.3, -0.25) is 9.48 Å². The maximum absolute atomic E-state index is 12.5. The number of hydrogen-bond acceptors (Lipinski definition) is 4. The second-order valence-corrected chi connectivity index (χ2v) is 7.58. The predicted octanol–water partition coefficient (Wildman–Crippen LogP) is 2.85. The van der Waals surface area contributed by atoms with Gasteiger partial charge in [-0.15, -0.1) is 37.2 Å². The van der Waals surface area contributed by atoms with Gasteiger partial charge in [-0.1, -0.05) is 0 Å². The lowest BCUT2D eigenvalue weighted by molar-refractivity contribution is -0.133. The van der Waals surface area contributed by atoms with Gasteiger partial charge in [0.25, 0.3) is 0 Å². The third-order valence-electron chi connectivity index (χ3n) is 5.93. The molecule has 0 atom stereocenters. The molecule has 164 valence electrons. The predicted molar refractivity (Wildman–Crippen MR) is 121 cm³/mol. The van der Waals surface area contributed by atoms with Crippen molar-refractivity contribution in [1.29, 1.82) is 0 Å². The molecular weight excluding hydrogens is 421 g/mol. The van der Waals surface area contributed by atoms with E-state index in [1.807, 2.05) is 35.1 Å². The molecule has 0 radical (unpaired) electrons. The topological polar surface area (TPSA) is 53.4 Å². The Bertz CT molecular complexity index is 518. The van der Waals surface area contributed by atoms with Crippen molar-refractivity contribution in [3.05, 3.63) is 18.5 Å². The van der Waals surface area contributed by atoms with Gasteiger partial charge in [0.1, 0.15) is 0 Å². The summed E-state index contributed by atoms with van der Waals surface area (Å²) in [6.07, 6.45) is 10.3. The molecule has 0 aromatic carbocycles. The van der Waals surface area contributed by atoms with E-state index in [1.54, 1.807) is 0 Å². The van der Waals surface area contributed by atoms with Gasteiger partial charge < -0.3 is 15.1 Å². The summed E-state index contributed by atoms with van der Waals surface area (Å²) in [6.45, 7) is 6.39. The first-order chi connectivity index (χ1) is 12.2. The highest BCUT2D eigenvalue weighted by Gasteiger charge is 2.25. The van der Waals surface area contributed by atoms with E-state index in [1.165, 1.54) is 12.8 Å². The van der Waals surface area contributed by atoms with Crippen LogP contribution in [0, 0.1) is 5.92 Å². The zero-order chi connectivity index (χ0) is 17.5. The van der Waals surface area contributed by atoms with Crippen molar-refractivity contribution in [2.75, 3.05) is 39.8 Å². The van der Waals surface area contributed by atoms with Crippen LogP contribution in [0.25, 0.3) is 0 Å². The highest BCUT2D eigenvalue weighted by molar-refractivity contribution is 5.86. The minimum atomic E-state index is 0. The molecule has 3 rings (SSSR count). The molecule has 0 unspecified atom stereocenters. The molecule has 9 heteroatoms. The Hall–Kier alpha value is -0.530. The molecule has 3 heterocycles. The smallest absolute Gasteiger partial charge is 0.222 e. The molecule has 1 amide bonds. The van der Waals surface area contributed by atoms with E-state index in [4.69, 9.17) is 0 Å². The van der Waals surface area contributed by atoms with Crippen LogP contribution in [0.3, 0.4) is 0 Å². The van der Waals surface area contributed by atoms with Gasteiger partial charge in [0.15, 0.2) is 0 Å². The standard InChI is InChI=1S/C19H33N5O.3ClH/c1-22(19(25)4-3-17-5-10-20-11-6-17)18-7-13-23(14-8-18)15-16-24-12-2-9-21-24;;;/h2,9,12,17-18,20H,3-8,10-11,13-16H2,1H3;3*1H. The molecule has 2 saturated heterocycles. The largest absolute Gasteiger partial charge is 0.343 e. The molecule has 28 heavy (non-hydrogen) atoms. The van der Waals surface area contributed by atoms with E-state index in [9.17, 15) is 4.79 Å². The number of carbonyl (C=O) groups excluding carboxylic acids is 1. The quantitative estimate of drug-likeness (QED) is 0.685. The number of rotatable bonds is 7. The van der Waals surface area contributed by atoms with Crippen molar-refractivity contribution in [3.8, 4) is 0 Å². The fourth-order valence-corrected chi connectivity index (χ4v) is 4.08. The molecule has 0 saturated carbocycles. The van der Waals surface area contributed by atoms with Gasteiger partial charge in [-0.2, -0.15) is 5.10 Å². The Morgan fingerprint density at radius 2 is 1.79 bits per heavy atom. The highest BCUT2D eigenvalue weighted by Crippen LogP contribution is 2.20. The second kappa shape index (κ2) is 14.5. The van der Waals surface area contributed by atoms with E-state index in [0.29, 0.717) is 11.9 Å². The summed E-state index contributed by atoms with van der Waals surface area (Å²) < 4.78 is 1.99. The van der Waals surface area contributed by atoms with Gasteiger partial charge in [0, 0.05) is 51.5 Å². The first-order valence-corrected chi connectivity index (χ1v) is 9.88. The number of halogens is 3. The van der Waals surface area contributed by atoms with Crippen LogP contribution >= 0.6 is 37.2 Å². The molecule has 2 aliphatic heterocycles. The summed E-state index contributed by atoms with van der Waals surface area (Å²) in [6, 6.07) is 2.39. The Balaban J connectivity index is 0.00000243. The van der Waals surface area contributed by atoms with E-state index in [-0.39, 0.29) is 37.2 Å². The van der Waals surface area contributed by atoms with E-state index < -0.39 is 0 Å². The summed E-state index contributed by atoms with van der Waals surface area (Å²) in [5.74, 6) is 1.08. The average Bonchev–Trinajstić information content (AvgIpc) is 3.19. The molecule has 1 aromatic heterocycles. The Labute approximate surface area is 188 Å². The van der Waals surface area contributed by atoms with Gasteiger partial charge in [0.2, 0.25) is 5.91 Å². The Morgan fingerprint density at radius 3 is 2.39 bits per heavy atom. The lowest BCUT2D eigenvalue weighted by atomic mass is 9.92. The van der Waals surface area contributed by atoms with E-state index in [2.05, 4.69) is 15.3 Å². The molecular formula is C19H36Cl3N5O. The van der Waals surface area contributed by atoms with Crippen LogP contribution in [0.5, 0.6) is 0 Å². The van der Waals surface area contributed by atoms with E-state index >= 15 is 0 Å². The number of aromatic nitrogens is 2. The van der Waals surface area contributed by atoms with Gasteiger partial charge >= 0.3 is 0 Å². The van der Waals surface area contributed by atoms with Crippen molar-refractivity contribution < 1.29 is 4.79 Å². The lowest BCUT2D eigenvalue weighted by Gasteiger charge is -2.37. The first-order valence-electron chi connectivity index (χ1n) is 9.88. The van der Waals surface area contributed by atoms with Crippen molar-refractivity contribution in [2.45, 2.75) is 51.1 Å². The van der Waals surface area contributed by atoms with Crippen LogP contribution in [-0.2, 0) is 11.3 Å². The molecule has 2 fully saturated rings. The maximum atomic E-state index is 12.5. The third kappa shape index (κ3) is 8.46. The minimum Gasteiger partial charge on any atom is -0.343 e. The summed E-state index contributed by atoms with van der Waals surface area (Å²) in [7, 11) is 2.01. The number of amides is 1. The monoisotopic (exact) mass is 455 g/mol. The molecule has 0 spiro atoms. The fraction of sp³-hybridized carbons (Fsp3) is 0.789. The van der Waals surface area contributed by atoms with Gasteiger partial charge in [-0.25, -0.2) is 0 Å². The van der Waals surface area contributed by atoms with Crippen molar-refractivity contribution in [1.82, 2.24) is 24.9 Å². The van der Waals surface area contributed by atoms with Crippen LogP contribution in [-0.4, -0.2) is 71.3 Å². The first kappa shape index (κ1) is 27.5. The SMILES string of the molecule is CN(C(=O)CCC1CCNCC1)C1CCN(CCn2cccn2)CC1.Cl.Cl.Cl. The molecule has 0 bridgehead atoms. The number of piperidine rings is 2. The number of carbonyl (C=O) groups is 1. The second-order valence-electron chi connectivity index (χ2n) is 7.58. The maximum Gasteiger partial charge on any atom is 0.222 e. The van der Waals surface area contributed by atoms with Crippen LogP contribution < -0.4 is 5.32 Å². The van der Waals surface area contributed by atoms with E-state index in [0.717, 1.165) is 70.9 Å². The summed E-state index contributed by atoms with van der Waals surface area (Å²) in [5, 5.41) is 7.65. The molecule has 0 aliphatic carbocycles. The Morgan fingerprint density at radius 1 is 1.11 bits per heavy atom. The summed E-state index contributed by atoms with van der Waals surface area (Å²) >= 11 is 0. The molecule has 1 aromatic rings. The highest BCUT2D eigenvalue weighted by atomic mass is 35.5. The molecule has 1 N–H and O–H groups in total. The zero-order valence-corrected chi connectivity index (χ0v) is 19.2. The van der Waals surface area contributed by atoms with Crippen molar-refractivity contribution >= 4 is 43.1 Å². The van der Waals surface area contributed by atoms with Crippen LogP contribution in [0.4, 0.5) is 0 Å². The summed E-state index contributed by atoms with van der Waals surface area (Å²) in [5.41, 5.74) is 0. The average molecular weight is 457 g/mol. The molecule has 6 nitrogen and oxygen atoms in total. The zero-order valence-electron chi connectivity index (χ0n) is 16.8. The normalized spacial score (nSPS) is 18.5. The van der Waals surface area contributed by atoms with Crippen molar-refractivity contribution in [3.63, 3.8) is 0 Å². The number of likely N-dealkylation sites (tertiary alicyclic amines) is 1. The van der Waals surface area contributed by atoms with Gasteiger partial charge in [-0.05, 0) is 57.2 Å². The number of hydrogen-bond donors (Lipinski definition) is 1. The summed E-state index contributed by atoms with van der Waals surface area (Å²) in [4.78, 5) is 17.1. The third-order valence-corrected chi connectivity index (χ3v) is 5.93. The van der Waals surface area contributed by atoms with Gasteiger partial charge in [0.05, 0.1) is 6.54 Å².